The molecular formula is C10H12N2O3. The van der Waals surface area contributed by atoms with Crippen molar-refractivity contribution in [3.63, 3.8) is 0 Å². The van der Waals surface area contributed by atoms with Gasteiger partial charge in [-0.3, -0.25) is 9.79 Å². The second-order valence-corrected chi connectivity index (χ2v) is 2.65. The summed E-state index contributed by atoms with van der Waals surface area (Å²) >= 11 is 0. The Morgan fingerprint density at radius 1 is 1.53 bits per heavy atom. The summed E-state index contributed by atoms with van der Waals surface area (Å²) in [7, 11) is 2.88. The molecule has 0 bridgehead atoms. The lowest BCUT2D eigenvalue weighted by Crippen LogP contribution is -1.99. The summed E-state index contributed by atoms with van der Waals surface area (Å²) in [5.74, 6) is 0.210. The topological polar surface area (TPSA) is 60.8 Å². The fourth-order valence-corrected chi connectivity index (χ4v) is 0.879. The molecule has 1 heterocycles. The third-order valence-electron chi connectivity index (χ3n) is 1.66. The molecule has 0 saturated carbocycles. The predicted octanol–water partition coefficient (Wildman–Crippen LogP) is 1.36. The molecule has 0 radical (unpaired) electrons. The fraction of sp³-hybridized carbons (Fsp3) is 0.300. The van der Waals surface area contributed by atoms with Crippen molar-refractivity contribution in [2.45, 2.75) is 6.42 Å². The number of hydrogen-bond donors (Lipinski definition) is 0. The number of carbonyl (C=O) groups excluding carboxylic acids is 1. The molecule has 0 fully saturated rings. The Bertz CT molecular complexity index is 346. The zero-order valence-corrected chi connectivity index (χ0v) is 8.64. The van der Waals surface area contributed by atoms with Gasteiger partial charge < -0.3 is 9.47 Å². The van der Waals surface area contributed by atoms with Crippen molar-refractivity contribution in [3.8, 4) is 5.88 Å². The highest BCUT2D eigenvalue weighted by atomic mass is 16.5. The quantitative estimate of drug-likeness (QED) is 0.553. The van der Waals surface area contributed by atoms with Crippen LogP contribution in [0.3, 0.4) is 0 Å². The molecule has 0 aliphatic carbocycles. The van der Waals surface area contributed by atoms with Crippen LogP contribution in [0.1, 0.15) is 6.42 Å². The first kappa shape index (κ1) is 11.2. The summed E-state index contributed by atoms with van der Waals surface area (Å²) in [6, 6.07) is 3.45. The van der Waals surface area contributed by atoms with Gasteiger partial charge in [-0.25, -0.2) is 4.98 Å². The Hall–Kier alpha value is -1.91. The number of esters is 1. The third kappa shape index (κ3) is 3.76. The van der Waals surface area contributed by atoms with Gasteiger partial charge in [-0.1, -0.05) is 0 Å². The minimum atomic E-state index is -0.319. The summed E-state index contributed by atoms with van der Waals surface area (Å²) in [6.07, 6.45) is 3.20. The third-order valence-corrected chi connectivity index (χ3v) is 1.66. The minimum absolute atomic E-state index is 0.155. The van der Waals surface area contributed by atoms with Gasteiger partial charge >= 0.3 is 5.97 Å². The SMILES string of the molecule is COC(=O)CC=Nc1ccc(OC)nc1. The minimum Gasteiger partial charge on any atom is -0.481 e. The Balaban J connectivity index is 2.53. The van der Waals surface area contributed by atoms with Crippen molar-refractivity contribution in [2.75, 3.05) is 14.2 Å². The molecule has 0 amide bonds. The van der Waals surface area contributed by atoms with Crippen molar-refractivity contribution in [3.05, 3.63) is 18.3 Å². The fourth-order valence-electron chi connectivity index (χ4n) is 0.879. The Morgan fingerprint density at radius 2 is 2.33 bits per heavy atom. The van der Waals surface area contributed by atoms with Crippen molar-refractivity contribution in [1.82, 2.24) is 4.98 Å². The van der Waals surface area contributed by atoms with Crippen LogP contribution in [0, 0.1) is 0 Å². The van der Waals surface area contributed by atoms with Gasteiger partial charge in [-0.2, -0.15) is 0 Å². The molecule has 0 N–H and O–H groups in total. The zero-order chi connectivity index (χ0) is 11.1. The number of rotatable bonds is 4. The molecule has 0 atom stereocenters. The number of hydrogen-bond acceptors (Lipinski definition) is 5. The monoisotopic (exact) mass is 208 g/mol. The molecule has 0 aromatic carbocycles. The van der Waals surface area contributed by atoms with Crippen molar-refractivity contribution in [2.24, 2.45) is 4.99 Å². The van der Waals surface area contributed by atoms with E-state index in [1.165, 1.54) is 13.3 Å². The first-order valence-corrected chi connectivity index (χ1v) is 4.35. The highest BCUT2D eigenvalue weighted by Gasteiger charge is 1.96. The van der Waals surface area contributed by atoms with E-state index in [9.17, 15) is 4.79 Å². The molecule has 0 aliphatic rings. The van der Waals surface area contributed by atoms with E-state index in [1.807, 2.05) is 0 Å². The number of ether oxygens (including phenoxy) is 2. The average Bonchev–Trinajstić information content (AvgIpc) is 2.29. The average molecular weight is 208 g/mol. The summed E-state index contributed by atoms with van der Waals surface area (Å²) in [5, 5.41) is 0. The highest BCUT2D eigenvalue weighted by molar-refractivity contribution is 5.86. The van der Waals surface area contributed by atoms with Crippen LogP contribution < -0.4 is 4.74 Å². The number of carbonyl (C=O) groups is 1. The van der Waals surface area contributed by atoms with Crippen LogP contribution in [-0.4, -0.2) is 31.4 Å². The summed E-state index contributed by atoms with van der Waals surface area (Å²) < 4.78 is 9.35. The molecule has 1 aromatic rings. The largest absolute Gasteiger partial charge is 0.481 e. The van der Waals surface area contributed by atoms with Crippen LogP contribution in [0.25, 0.3) is 0 Å². The summed E-state index contributed by atoms with van der Waals surface area (Å²) in [6.45, 7) is 0. The number of nitrogens with zero attached hydrogens (tertiary/aromatic N) is 2. The first-order chi connectivity index (χ1) is 7.26. The molecule has 1 rings (SSSR count). The number of aliphatic imine (C=N–C) groups is 1. The number of methoxy groups -OCH3 is 2. The molecule has 5 heteroatoms. The normalized spacial score (nSPS) is 10.3. The first-order valence-electron chi connectivity index (χ1n) is 4.35. The van der Waals surface area contributed by atoms with Gasteiger partial charge in [0.2, 0.25) is 5.88 Å². The van der Waals surface area contributed by atoms with E-state index in [-0.39, 0.29) is 12.4 Å². The van der Waals surface area contributed by atoms with Crippen LogP contribution in [0.2, 0.25) is 0 Å². The van der Waals surface area contributed by atoms with Gasteiger partial charge in [-0.15, -0.1) is 0 Å². The maximum atomic E-state index is 10.8. The summed E-state index contributed by atoms with van der Waals surface area (Å²) in [4.78, 5) is 18.7. The van der Waals surface area contributed by atoms with E-state index in [4.69, 9.17) is 4.74 Å². The second-order valence-electron chi connectivity index (χ2n) is 2.65. The number of aromatic nitrogens is 1. The van der Waals surface area contributed by atoms with Gasteiger partial charge in [0.25, 0.3) is 0 Å². The van der Waals surface area contributed by atoms with Gasteiger partial charge in [0, 0.05) is 12.3 Å². The van der Waals surface area contributed by atoms with Crippen LogP contribution in [0.5, 0.6) is 5.88 Å². The van der Waals surface area contributed by atoms with E-state index in [0.29, 0.717) is 11.6 Å². The maximum Gasteiger partial charge on any atom is 0.310 e. The van der Waals surface area contributed by atoms with E-state index in [0.717, 1.165) is 0 Å². The zero-order valence-electron chi connectivity index (χ0n) is 8.64. The van der Waals surface area contributed by atoms with Crippen LogP contribution >= 0.6 is 0 Å². The molecule has 0 saturated heterocycles. The van der Waals surface area contributed by atoms with E-state index < -0.39 is 0 Å². The standard InChI is InChI=1S/C10H12N2O3/c1-14-9-4-3-8(7-12-9)11-6-5-10(13)15-2/h3-4,6-7H,5H2,1-2H3. The molecule has 5 nitrogen and oxygen atoms in total. The van der Waals surface area contributed by atoms with Gasteiger partial charge in [0.15, 0.2) is 0 Å². The number of pyridine rings is 1. The summed E-state index contributed by atoms with van der Waals surface area (Å²) in [5.41, 5.74) is 0.666. The Kier molecular flexibility index (Phi) is 4.28. The van der Waals surface area contributed by atoms with E-state index in [2.05, 4.69) is 14.7 Å². The predicted molar refractivity (Wildman–Crippen MR) is 55.6 cm³/mol. The molecule has 0 spiro atoms. The Labute approximate surface area is 87.8 Å². The van der Waals surface area contributed by atoms with Crippen molar-refractivity contribution in [1.29, 1.82) is 0 Å². The highest BCUT2D eigenvalue weighted by Crippen LogP contribution is 2.13. The van der Waals surface area contributed by atoms with E-state index >= 15 is 0 Å². The lowest BCUT2D eigenvalue weighted by Gasteiger charge is -1.97. The maximum absolute atomic E-state index is 10.8. The van der Waals surface area contributed by atoms with Crippen LogP contribution in [-0.2, 0) is 9.53 Å². The molecule has 1 aromatic heterocycles. The second kappa shape index (κ2) is 5.74. The molecule has 0 unspecified atom stereocenters. The lowest BCUT2D eigenvalue weighted by molar-refractivity contribution is -0.139. The molecule has 80 valence electrons. The van der Waals surface area contributed by atoms with E-state index in [1.54, 1.807) is 25.4 Å². The lowest BCUT2D eigenvalue weighted by atomic mass is 10.4. The Morgan fingerprint density at radius 3 is 2.87 bits per heavy atom. The molecule has 0 aliphatic heterocycles. The van der Waals surface area contributed by atoms with Gasteiger partial charge in [0.1, 0.15) is 0 Å². The van der Waals surface area contributed by atoms with Crippen LogP contribution in [0.4, 0.5) is 5.69 Å². The van der Waals surface area contributed by atoms with Crippen molar-refractivity contribution >= 4 is 17.9 Å². The van der Waals surface area contributed by atoms with Crippen LogP contribution in [0.15, 0.2) is 23.3 Å². The van der Waals surface area contributed by atoms with Gasteiger partial charge in [-0.05, 0) is 6.07 Å². The molecule has 15 heavy (non-hydrogen) atoms. The smallest absolute Gasteiger partial charge is 0.310 e. The van der Waals surface area contributed by atoms with Gasteiger partial charge in [0.05, 0.1) is 32.5 Å². The molecular weight excluding hydrogens is 196 g/mol. The van der Waals surface area contributed by atoms with Crippen molar-refractivity contribution < 1.29 is 14.3 Å².